The van der Waals surface area contributed by atoms with Crippen LogP contribution in [0.2, 0.25) is 0 Å². The molecule has 1 fully saturated rings. The quantitative estimate of drug-likeness (QED) is 0.554. The van der Waals surface area contributed by atoms with E-state index in [9.17, 15) is 9.59 Å². The van der Waals surface area contributed by atoms with Gasteiger partial charge >= 0.3 is 0 Å². The zero-order valence-corrected chi connectivity index (χ0v) is 18.4. The van der Waals surface area contributed by atoms with Crippen LogP contribution in [0.5, 0.6) is 11.5 Å². The van der Waals surface area contributed by atoms with Gasteiger partial charge < -0.3 is 24.5 Å². The lowest BCUT2D eigenvalue weighted by molar-refractivity contribution is 0.1000. The number of rotatable bonds is 7. The summed E-state index contributed by atoms with van der Waals surface area (Å²) in [5, 5.41) is 0.535. The summed E-state index contributed by atoms with van der Waals surface area (Å²) >= 11 is 0. The average molecular weight is 450 g/mol. The summed E-state index contributed by atoms with van der Waals surface area (Å²) in [5.41, 5.74) is 8.20. The second kappa shape index (κ2) is 9.15. The van der Waals surface area contributed by atoms with Crippen molar-refractivity contribution in [3.8, 4) is 11.5 Å². The number of nitrogens with zero attached hydrogens (tertiary/aromatic N) is 2. The molecule has 0 unspecified atom stereocenters. The van der Waals surface area contributed by atoms with Crippen molar-refractivity contribution in [3.63, 3.8) is 0 Å². The number of hydrogen-bond donors (Lipinski definition) is 1. The number of aryl methyl sites for hydroxylation is 1. The van der Waals surface area contributed by atoms with Gasteiger partial charge in [0, 0.05) is 49.1 Å². The summed E-state index contributed by atoms with van der Waals surface area (Å²) in [5.74, 6) is 0.800. The highest BCUT2D eigenvalue weighted by Crippen LogP contribution is 2.35. The van der Waals surface area contributed by atoms with Gasteiger partial charge in [0.2, 0.25) is 12.7 Å². The minimum Gasteiger partial charge on any atom is -0.464 e. The third kappa shape index (κ3) is 4.52. The molecule has 5 rings (SSSR count). The normalized spacial score (nSPS) is 15.8. The SMILES string of the molecule is NC(=O)c1cccc(N2CCN(CCCCc3coc4cc5c(cc4c3=O)OCO5)CC2)c1. The zero-order chi connectivity index (χ0) is 22.8. The number of ether oxygens (including phenoxy) is 2. The van der Waals surface area contributed by atoms with E-state index in [0.717, 1.165) is 51.3 Å². The van der Waals surface area contributed by atoms with E-state index in [-0.39, 0.29) is 12.2 Å². The molecule has 3 heterocycles. The van der Waals surface area contributed by atoms with Crippen molar-refractivity contribution < 1.29 is 18.7 Å². The molecule has 3 aromatic rings. The molecule has 8 nitrogen and oxygen atoms in total. The fourth-order valence-electron chi connectivity index (χ4n) is 4.47. The maximum atomic E-state index is 12.9. The molecule has 1 saturated heterocycles. The number of nitrogens with two attached hydrogens (primary N) is 1. The predicted octanol–water partition coefficient (Wildman–Crippen LogP) is 2.77. The number of primary amides is 1. The van der Waals surface area contributed by atoms with Gasteiger partial charge in [-0.2, -0.15) is 0 Å². The predicted molar refractivity (Wildman–Crippen MR) is 125 cm³/mol. The van der Waals surface area contributed by atoms with Crippen molar-refractivity contribution in [3.05, 3.63) is 64.0 Å². The van der Waals surface area contributed by atoms with E-state index in [2.05, 4.69) is 9.80 Å². The van der Waals surface area contributed by atoms with E-state index in [0.29, 0.717) is 40.0 Å². The molecule has 0 aliphatic carbocycles. The highest BCUT2D eigenvalue weighted by molar-refractivity contribution is 5.93. The van der Waals surface area contributed by atoms with Gasteiger partial charge in [0.15, 0.2) is 16.9 Å². The number of carbonyl (C=O) groups is 1. The van der Waals surface area contributed by atoms with E-state index < -0.39 is 5.91 Å². The van der Waals surface area contributed by atoms with Crippen LogP contribution in [-0.2, 0) is 6.42 Å². The Balaban J connectivity index is 1.11. The summed E-state index contributed by atoms with van der Waals surface area (Å²) in [7, 11) is 0. The molecule has 2 aliphatic rings. The van der Waals surface area contributed by atoms with E-state index in [4.69, 9.17) is 19.6 Å². The van der Waals surface area contributed by atoms with Crippen LogP contribution in [0.3, 0.4) is 0 Å². The van der Waals surface area contributed by atoms with Crippen LogP contribution in [-0.4, -0.2) is 50.3 Å². The molecule has 33 heavy (non-hydrogen) atoms. The largest absolute Gasteiger partial charge is 0.464 e. The lowest BCUT2D eigenvalue weighted by Gasteiger charge is -2.36. The van der Waals surface area contributed by atoms with Crippen LogP contribution in [0.15, 0.2) is 51.9 Å². The van der Waals surface area contributed by atoms with Crippen LogP contribution in [0, 0.1) is 0 Å². The van der Waals surface area contributed by atoms with Crippen LogP contribution in [0.1, 0.15) is 28.8 Å². The average Bonchev–Trinajstić information content (AvgIpc) is 3.30. The second-order valence-corrected chi connectivity index (χ2v) is 8.49. The molecule has 1 amide bonds. The highest BCUT2D eigenvalue weighted by Gasteiger charge is 2.19. The molecule has 0 saturated carbocycles. The molecule has 0 bridgehead atoms. The van der Waals surface area contributed by atoms with Crippen molar-refractivity contribution in [2.45, 2.75) is 19.3 Å². The van der Waals surface area contributed by atoms with E-state index >= 15 is 0 Å². The Labute approximate surface area is 191 Å². The van der Waals surface area contributed by atoms with E-state index in [1.807, 2.05) is 18.2 Å². The fourth-order valence-corrected chi connectivity index (χ4v) is 4.47. The Morgan fingerprint density at radius 3 is 2.58 bits per heavy atom. The molecule has 2 aliphatic heterocycles. The molecule has 0 atom stereocenters. The fraction of sp³-hybridized carbons (Fsp3) is 0.360. The number of benzene rings is 2. The lowest BCUT2D eigenvalue weighted by atomic mass is 10.1. The Morgan fingerprint density at radius 2 is 1.79 bits per heavy atom. The molecule has 0 spiro atoms. The van der Waals surface area contributed by atoms with Crippen LogP contribution in [0.4, 0.5) is 5.69 Å². The summed E-state index contributed by atoms with van der Waals surface area (Å²) in [6.07, 6.45) is 4.19. The zero-order valence-electron chi connectivity index (χ0n) is 18.4. The molecule has 0 radical (unpaired) electrons. The topological polar surface area (TPSA) is 98.2 Å². The first-order valence-electron chi connectivity index (χ1n) is 11.3. The van der Waals surface area contributed by atoms with Gasteiger partial charge in [-0.25, -0.2) is 0 Å². The smallest absolute Gasteiger partial charge is 0.248 e. The van der Waals surface area contributed by atoms with Crippen molar-refractivity contribution in [2.24, 2.45) is 5.73 Å². The van der Waals surface area contributed by atoms with E-state index in [1.165, 1.54) is 0 Å². The van der Waals surface area contributed by atoms with Gasteiger partial charge in [0.25, 0.3) is 0 Å². The first kappa shape index (κ1) is 21.3. The van der Waals surface area contributed by atoms with Crippen molar-refractivity contribution >= 4 is 22.6 Å². The maximum absolute atomic E-state index is 12.9. The molecule has 2 aromatic carbocycles. The summed E-state index contributed by atoms with van der Waals surface area (Å²) in [6, 6.07) is 10.9. The summed E-state index contributed by atoms with van der Waals surface area (Å²) in [4.78, 5) is 29.0. The summed E-state index contributed by atoms with van der Waals surface area (Å²) < 4.78 is 16.4. The number of hydrogen-bond acceptors (Lipinski definition) is 7. The first-order valence-corrected chi connectivity index (χ1v) is 11.3. The number of anilines is 1. The minimum absolute atomic E-state index is 0.00126. The standard InChI is InChI=1S/C25H27N3O5/c26-25(30)17-5-3-6-19(12-17)28-10-8-27(9-11-28)7-2-1-4-18-15-31-21-14-23-22(32-16-33-23)13-20(21)24(18)29/h3,5-6,12-15H,1-2,4,7-11,16H2,(H2,26,30). The van der Waals surface area contributed by atoms with Crippen molar-refractivity contribution in [1.82, 2.24) is 4.90 Å². The number of fused-ring (bicyclic) bond motifs is 2. The molecular formula is C25H27N3O5. The van der Waals surface area contributed by atoms with Gasteiger partial charge in [0.05, 0.1) is 11.6 Å². The first-order chi connectivity index (χ1) is 16.1. The maximum Gasteiger partial charge on any atom is 0.248 e. The third-order valence-electron chi connectivity index (χ3n) is 6.38. The van der Waals surface area contributed by atoms with E-state index in [1.54, 1.807) is 24.5 Å². The monoisotopic (exact) mass is 449 g/mol. The van der Waals surface area contributed by atoms with Crippen LogP contribution < -0.4 is 25.5 Å². The Hall–Kier alpha value is -3.52. The van der Waals surface area contributed by atoms with Gasteiger partial charge in [-0.1, -0.05) is 6.07 Å². The molecule has 1 aromatic heterocycles. The van der Waals surface area contributed by atoms with Gasteiger partial charge in [0.1, 0.15) is 5.58 Å². The number of amides is 1. The minimum atomic E-state index is -0.401. The molecular weight excluding hydrogens is 422 g/mol. The van der Waals surface area contributed by atoms with Gasteiger partial charge in [-0.3, -0.25) is 14.5 Å². The number of unbranched alkanes of at least 4 members (excludes halogenated alkanes) is 1. The van der Waals surface area contributed by atoms with Crippen LogP contribution >= 0.6 is 0 Å². The molecule has 2 N–H and O–H groups in total. The Kier molecular flexibility index (Phi) is 5.92. The summed E-state index contributed by atoms with van der Waals surface area (Å²) in [6.45, 7) is 4.91. The van der Waals surface area contributed by atoms with Crippen LogP contribution in [0.25, 0.3) is 11.0 Å². The number of carbonyl (C=O) groups excluding carboxylic acids is 1. The highest BCUT2D eigenvalue weighted by atomic mass is 16.7. The lowest BCUT2D eigenvalue weighted by Crippen LogP contribution is -2.46. The van der Waals surface area contributed by atoms with Crippen molar-refractivity contribution in [1.29, 1.82) is 0 Å². The molecule has 8 heteroatoms. The Bertz CT molecular complexity index is 1230. The van der Waals surface area contributed by atoms with Crippen molar-refractivity contribution in [2.75, 3.05) is 44.4 Å². The Morgan fingerprint density at radius 1 is 1.00 bits per heavy atom. The number of piperazine rings is 1. The molecule has 172 valence electrons. The third-order valence-corrected chi connectivity index (χ3v) is 6.38. The second-order valence-electron chi connectivity index (χ2n) is 8.49. The van der Waals surface area contributed by atoms with Gasteiger partial charge in [-0.15, -0.1) is 0 Å². The van der Waals surface area contributed by atoms with Gasteiger partial charge in [-0.05, 0) is 50.1 Å².